The van der Waals surface area contributed by atoms with E-state index in [4.69, 9.17) is 5.41 Å². The molecular weight excluding hydrogens is 270 g/mol. The number of unbranched alkanes of at least 4 members (excludes halogenated alkanes) is 1. The highest BCUT2D eigenvalue weighted by molar-refractivity contribution is 5.89. The Kier molecular flexibility index (Phi) is 10.6. The van der Waals surface area contributed by atoms with Gasteiger partial charge in [0.1, 0.15) is 0 Å². The number of hydrogen-bond acceptors (Lipinski definition) is 3. The second-order valence-corrected chi connectivity index (χ2v) is 5.35. The smallest absolute Gasteiger partial charge is 0.0466 e. The van der Waals surface area contributed by atoms with Crippen molar-refractivity contribution in [2.45, 2.75) is 40.0 Å². The molecule has 0 atom stereocenters. The first-order chi connectivity index (χ1) is 10.5. The first-order valence-corrected chi connectivity index (χ1v) is 7.90. The molecule has 122 valence electrons. The van der Waals surface area contributed by atoms with E-state index in [1.54, 1.807) is 13.0 Å². The molecule has 0 aromatic rings. The Hall–Kier alpha value is -1.99. The molecule has 0 aliphatic heterocycles. The quantitative estimate of drug-likeness (QED) is 0.359. The molecule has 1 N–H and O–H groups in total. The predicted molar refractivity (Wildman–Crippen MR) is 98.0 cm³/mol. The number of rotatable bonds is 10. The van der Waals surface area contributed by atoms with Crippen LogP contribution in [-0.4, -0.2) is 36.2 Å². The van der Waals surface area contributed by atoms with Crippen LogP contribution in [0.4, 0.5) is 0 Å². The zero-order valence-electron chi connectivity index (χ0n) is 14.8. The maximum Gasteiger partial charge on any atom is 0.0466 e. The van der Waals surface area contributed by atoms with Gasteiger partial charge in [0.2, 0.25) is 0 Å². The Balaban J connectivity index is 5.50. The average molecular weight is 301 g/mol. The summed E-state index contributed by atoms with van der Waals surface area (Å²) in [5.41, 5.74) is 5.94. The van der Waals surface area contributed by atoms with E-state index in [-0.39, 0.29) is 0 Å². The summed E-state index contributed by atoms with van der Waals surface area (Å²) in [6.45, 7) is 10.9. The van der Waals surface area contributed by atoms with E-state index in [0.29, 0.717) is 5.71 Å². The van der Waals surface area contributed by atoms with Crippen LogP contribution in [0.5, 0.6) is 0 Å². The average Bonchev–Trinajstić information content (AvgIpc) is 2.48. The Morgan fingerprint density at radius 1 is 1.27 bits per heavy atom. The molecule has 0 bridgehead atoms. The fraction of sp³-hybridized carbons (Fsp3) is 0.474. The Morgan fingerprint density at radius 3 is 2.45 bits per heavy atom. The minimum atomic E-state index is 0.492. The van der Waals surface area contributed by atoms with Crippen molar-refractivity contribution in [1.82, 2.24) is 9.80 Å². The Morgan fingerprint density at radius 2 is 1.95 bits per heavy atom. The molecule has 0 aliphatic carbocycles. The summed E-state index contributed by atoms with van der Waals surface area (Å²) in [6.07, 6.45) is 12.9. The Labute approximate surface area is 136 Å². The van der Waals surface area contributed by atoms with Crippen LogP contribution in [0, 0.1) is 5.41 Å². The van der Waals surface area contributed by atoms with Crippen LogP contribution in [0.2, 0.25) is 0 Å². The molecule has 0 fully saturated rings. The van der Waals surface area contributed by atoms with E-state index in [2.05, 4.69) is 44.3 Å². The topological polar surface area (TPSA) is 30.3 Å². The lowest BCUT2D eigenvalue weighted by molar-refractivity contribution is 0.471. The van der Waals surface area contributed by atoms with Crippen molar-refractivity contribution in [3.8, 4) is 0 Å². The molecule has 0 spiro atoms. The summed E-state index contributed by atoms with van der Waals surface area (Å²) in [7, 11) is 4.09. The summed E-state index contributed by atoms with van der Waals surface area (Å²) < 4.78 is 0. The summed E-state index contributed by atoms with van der Waals surface area (Å²) in [6, 6.07) is 0. The Bertz CT molecular complexity index is 477. The minimum absolute atomic E-state index is 0.492. The lowest BCUT2D eigenvalue weighted by Crippen LogP contribution is -2.16. The van der Waals surface area contributed by atoms with Crippen LogP contribution in [-0.2, 0) is 0 Å². The standard InChI is InChI=1S/C19H31N3/c1-7-10-14-18(16-21(5)9-3)19(12-8-2)22(6)15-11-13-17(4)20/h8,12-13,15-16,20H,2,7,9-10,14H2,1,3-6H3/b18-16-,19-12+,20-17?. The van der Waals surface area contributed by atoms with Gasteiger partial charge in [-0.1, -0.05) is 26.0 Å². The zero-order valence-corrected chi connectivity index (χ0v) is 14.8. The van der Waals surface area contributed by atoms with Gasteiger partial charge >= 0.3 is 0 Å². The van der Waals surface area contributed by atoms with Gasteiger partial charge in [0.05, 0.1) is 0 Å². The third kappa shape index (κ3) is 8.33. The third-order valence-corrected chi connectivity index (χ3v) is 3.23. The molecule has 0 radical (unpaired) electrons. The maximum absolute atomic E-state index is 7.41. The first-order valence-electron chi connectivity index (χ1n) is 7.90. The van der Waals surface area contributed by atoms with Gasteiger partial charge < -0.3 is 15.2 Å². The second kappa shape index (κ2) is 11.6. The van der Waals surface area contributed by atoms with Crippen LogP contribution >= 0.6 is 0 Å². The highest BCUT2D eigenvalue weighted by Crippen LogP contribution is 2.21. The van der Waals surface area contributed by atoms with Crippen molar-refractivity contribution < 1.29 is 0 Å². The van der Waals surface area contributed by atoms with Crippen molar-refractivity contribution in [2.75, 3.05) is 20.6 Å². The van der Waals surface area contributed by atoms with E-state index in [1.165, 1.54) is 12.0 Å². The van der Waals surface area contributed by atoms with E-state index in [9.17, 15) is 0 Å². The van der Waals surface area contributed by atoms with Crippen LogP contribution in [0.3, 0.4) is 0 Å². The second-order valence-electron chi connectivity index (χ2n) is 5.35. The van der Waals surface area contributed by atoms with Crippen LogP contribution in [0.1, 0.15) is 40.0 Å². The monoisotopic (exact) mass is 301 g/mol. The third-order valence-electron chi connectivity index (χ3n) is 3.23. The van der Waals surface area contributed by atoms with Crippen LogP contribution in [0.25, 0.3) is 0 Å². The molecule has 0 heterocycles. The number of nitrogens with zero attached hydrogens (tertiary/aromatic N) is 2. The fourth-order valence-electron chi connectivity index (χ4n) is 1.89. The molecule has 3 heteroatoms. The number of allylic oxidation sites excluding steroid dienone is 4. The van der Waals surface area contributed by atoms with Crippen molar-refractivity contribution in [3.63, 3.8) is 0 Å². The van der Waals surface area contributed by atoms with Crippen molar-refractivity contribution in [1.29, 1.82) is 5.41 Å². The largest absolute Gasteiger partial charge is 0.380 e. The molecule has 0 saturated heterocycles. The van der Waals surface area contributed by atoms with Crippen molar-refractivity contribution in [3.05, 3.63) is 54.2 Å². The molecule has 0 aromatic carbocycles. The summed E-state index contributed by atoms with van der Waals surface area (Å²) >= 11 is 0. The molecule has 0 amide bonds. The summed E-state index contributed by atoms with van der Waals surface area (Å²) in [4.78, 5) is 4.23. The highest BCUT2D eigenvalue weighted by Gasteiger charge is 2.09. The van der Waals surface area contributed by atoms with Gasteiger partial charge in [0.15, 0.2) is 0 Å². The van der Waals surface area contributed by atoms with E-state index < -0.39 is 0 Å². The lowest BCUT2D eigenvalue weighted by Gasteiger charge is -2.23. The molecule has 0 aliphatic rings. The van der Waals surface area contributed by atoms with Crippen LogP contribution < -0.4 is 0 Å². The highest BCUT2D eigenvalue weighted by atomic mass is 15.1. The molecule has 0 saturated carbocycles. The van der Waals surface area contributed by atoms with E-state index in [1.807, 2.05) is 30.3 Å². The molecule has 0 unspecified atom stereocenters. The minimum Gasteiger partial charge on any atom is -0.380 e. The van der Waals surface area contributed by atoms with Crippen molar-refractivity contribution >= 4 is 5.71 Å². The SMILES string of the molecule is C=C/C=C(\C(=C/N(C)CC)CCCC)N(C)C=C=CC(C)=N. The molecule has 22 heavy (non-hydrogen) atoms. The predicted octanol–water partition coefficient (Wildman–Crippen LogP) is 4.72. The number of nitrogens with one attached hydrogen (secondary N) is 1. The van der Waals surface area contributed by atoms with Gasteiger partial charge in [-0.15, -0.1) is 5.73 Å². The van der Waals surface area contributed by atoms with Crippen molar-refractivity contribution in [2.24, 2.45) is 0 Å². The van der Waals surface area contributed by atoms with Gasteiger partial charge in [0.25, 0.3) is 0 Å². The van der Waals surface area contributed by atoms with Gasteiger partial charge in [-0.2, -0.15) is 0 Å². The molecule has 0 rings (SSSR count). The van der Waals surface area contributed by atoms with Gasteiger partial charge in [-0.05, 0) is 38.3 Å². The number of likely N-dealkylation sites (N-methyl/N-ethyl adjacent to an activating group) is 1. The number of hydrogen-bond donors (Lipinski definition) is 1. The van der Waals surface area contributed by atoms with Crippen LogP contribution in [0.15, 0.2) is 54.2 Å². The lowest BCUT2D eigenvalue weighted by atomic mass is 10.0. The molecular formula is C19H31N3. The maximum atomic E-state index is 7.41. The van der Waals surface area contributed by atoms with E-state index >= 15 is 0 Å². The van der Waals surface area contributed by atoms with E-state index in [0.717, 1.165) is 25.1 Å². The van der Waals surface area contributed by atoms with Gasteiger partial charge in [0, 0.05) is 50.5 Å². The molecule has 3 nitrogen and oxygen atoms in total. The molecule has 0 aromatic heterocycles. The van der Waals surface area contributed by atoms with Gasteiger partial charge in [-0.3, -0.25) is 0 Å². The summed E-state index contributed by atoms with van der Waals surface area (Å²) in [5.74, 6) is 0. The summed E-state index contributed by atoms with van der Waals surface area (Å²) in [5, 5.41) is 7.41. The fourth-order valence-corrected chi connectivity index (χ4v) is 1.89. The van der Waals surface area contributed by atoms with Gasteiger partial charge in [-0.25, -0.2) is 0 Å². The normalized spacial score (nSPS) is 11.5. The first kappa shape index (κ1) is 20.0. The zero-order chi connectivity index (χ0) is 17.0.